The molecule has 1 aromatic carbocycles. The van der Waals surface area contributed by atoms with Gasteiger partial charge in [-0.2, -0.15) is 0 Å². The molecule has 0 spiro atoms. The fourth-order valence-corrected chi connectivity index (χ4v) is 3.07. The standard InChI is InChI=1S/C17H18N4O3S/c1-10-6-13-15(19-10)16(23)21-17(20-13)25-9-14(22)18-8-11-4-3-5-12(7-11)24-2/h3-7,19H,8-9H2,1-2H3,(H,18,22)(H,20,21,23). The maximum absolute atomic E-state index is 12.0. The van der Waals surface area contributed by atoms with Gasteiger partial charge in [-0.3, -0.25) is 14.6 Å². The van der Waals surface area contributed by atoms with E-state index in [0.29, 0.717) is 22.7 Å². The summed E-state index contributed by atoms with van der Waals surface area (Å²) in [5.74, 6) is 0.778. The molecule has 1 amide bonds. The summed E-state index contributed by atoms with van der Waals surface area (Å²) in [5, 5.41) is 3.26. The van der Waals surface area contributed by atoms with Crippen LogP contribution in [-0.2, 0) is 11.3 Å². The summed E-state index contributed by atoms with van der Waals surface area (Å²) in [5.41, 5.74) is 2.63. The maximum Gasteiger partial charge on any atom is 0.275 e. The summed E-state index contributed by atoms with van der Waals surface area (Å²) in [7, 11) is 1.60. The van der Waals surface area contributed by atoms with Crippen LogP contribution in [0.1, 0.15) is 11.3 Å². The molecule has 0 unspecified atom stereocenters. The molecule has 0 aliphatic rings. The lowest BCUT2D eigenvalue weighted by Crippen LogP contribution is -2.24. The van der Waals surface area contributed by atoms with E-state index >= 15 is 0 Å². The fourth-order valence-electron chi connectivity index (χ4n) is 2.37. The molecule has 0 saturated carbocycles. The predicted molar refractivity (Wildman–Crippen MR) is 97.0 cm³/mol. The molecule has 0 bridgehead atoms. The number of carbonyl (C=O) groups is 1. The van der Waals surface area contributed by atoms with Gasteiger partial charge in [0.05, 0.1) is 18.4 Å². The minimum absolute atomic E-state index is 0.138. The molecule has 0 aliphatic heterocycles. The quantitative estimate of drug-likeness (QED) is 0.462. The zero-order chi connectivity index (χ0) is 17.8. The average Bonchev–Trinajstić information content (AvgIpc) is 2.99. The van der Waals surface area contributed by atoms with E-state index in [1.165, 1.54) is 11.8 Å². The van der Waals surface area contributed by atoms with Gasteiger partial charge in [-0.25, -0.2) is 4.98 Å². The van der Waals surface area contributed by atoms with Gasteiger partial charge in [0.25, 0.3) is 5.56 Å². The third kappa shape index (κ3) is 4.21. The van der Waals surface area contributed by atoms with Gasteiger partial charge >= 0.3 is 0 Å². The maximum atomic E-state index is 12.0. The highest BCUT2D eigenvalue weighted by Crippen LogP contribution is 2.15. The van der Waals surface area contributed by atoms with Gasteiger partial charge in [0.1, 0.15) is 11.3 Å². The van der Waals surface area contributed by atoms with Crippen molar-refractivity contribution in [3.63, 3.8) is 0 Å². The van der Waals surface area contributed by atoms with Crippen molar-refractivity contribution in [2.75, 3.05) is 12.9 Å². The summed E-state index contributed by atoms with van der Waals surface area (Å²) < 4.78 is 5.15. The van der Waals surface area contributed by atoms with Crippen molar-refractivity contribution < 1.29 is 9.53 Å². The first-order chi connectivity index (χ1) is 12.0. The second-order valence-corrected chi connectivity index (χ2v) is 6.46. The number of amides is 1. The summed E-state index contributed by atoms with van der Waals surface area (Å²) in [6, 6.07) is 9.31. The molecule has 3 N–H and O–H groups in total. The molecule has 0 radical (unpaired) electrons. The highest BCUT2D eigenvalue weighted by Gasteiger charge is 2.09. The number of thioether (sulfide) groups is 1. The normalized spacial score (nSPS) is 10.8. The van der Waals surface area contributed by atoms with Gasteiger partial charge in [0.15, 0.2) is 5.16 Å². The summed E-state index contributed by atoms with van der Waals surface area (Å²) in [6.07, 6.45) is 0. The first kappa shape index (κ1) is 17.1. The average molecular weight is 358 g/mol. The third-order valence-electron chi connectivity index (χ3n) is 3.56. The highest BCUT2D eigenvalue weighted by atomic mass is 32.2. The van der Waals surface area contributed by atoms with Crippen LogP contribution in [0, 0.1) is 6.92 Å². The van der Waals surface area contributed by atoms with E-state index in [1.54, 1.807) is 13.2 Å². The Hall–Kier alpha value is -2.74. The van der Waals surface area contributed by atoms with E-state index in [9.17, 15) is 9.59 Å². The molecule has 7 nitrogen and oxygen atoms in total. The Balaban J connectivity index is 1.57. The first-order valence-electron chi connectivity index (χ1n) is 7.67. The molecule has 2 heterocycles. The van der Waals surface area contributed by atoms with Gasteiger partial charge in [0.2, 0.25) is 5.91 Å². The van der Waals surface area contributed by atoms with E-state index in [2.05, 4.69) is 20.3 Å². The molecule has 0 aliphatic carbocycles. The number of aryl methyl sites for hydroxylation is 1. The molecule has 0 saturated heterocycles. The smallest absolute Gasteiger partial charge is 0.275 e. The molecular weight excluding hydrogens is 340 g/mol. The molecule has 8 heteroatoms. The number of hydrogen-bond acceptors (Lipinski definition) is 5. The van der Waals surface area contributed by atoms with Gasteiger partial charge < -0.3 is 15.0 Å². The molecule has 0 atom stereocenters. The summed E-state index contributed by atoms with van der Waals surface area (Å²) in [4.78, 5) is 34.0. The van der Waals surface area contributed by atoms with Crippen LogP contribution in [-0.4, -0.2) is 33.7 Å². The zero-order valence-electron chi connectivity index (χ0n) is 13.9. The van der Waals surface area contributed by atoms with Crippen molar-refractivity contribution >= 4 is 28.7 Å². The Morgan fingerprint density at radius 2 is 2.16 bits per heavy atom. The van der Waals surface area contributed by atoms with Gasteiger partial charge in [-0.15, -0.1) is 0 Å². The summed E-state index contributed by atoms with van der Waals surface area (Å²) in [6.45, 7) is 2.27. The van der Waals surface area contributed by atoms with Crippen molar-refractivity contribution in [3.8, 4) is 5.75 Å². The van der Waals surface area contributed by atoms with Crippen LogP contribution < -0.4 is 15.6 Å². The second-order valence-electron chi connectivity index (χ2n) is 5.50. The monoisotopic (exact) mass is 358 g/mol. The number of aromatic amines is 2. The number of aromatic nitrogens is 3. The molecular formula is C17H18N4O3S. The Morgan fingerprint density at radius 1 is 1.32 bits per heavy atom. The number of carbonyl (C=O) groups excluding carboxylic acids is 1. The third-order valence-corrected chi connectivity index (χ3v) is 4.44. The van der Waals surface area contributed by atoms with E-state index in [-0.39, 0.29) is 17.2 Å². The van der Waals surface area contributed by atoms with Crippen molar-refractivity contribution in [2.24, 2.45) is 0 Å². The number of hydrogen-bond donors (Lipinski definition) is 3. The number of rotatable bonds is 6. The second kappa shape index (κ2) is 7.43. The van der Waals surface area contributed by atoms with Gasteiger partial charge in [-0.1, -0.05) is 23.9 Å². The van der Waals surface area contributed by atoms with Gasteiger partial charge in [-0.05, 0) is 30.7 Å². The Bertz CT molecular complexity index is 964. The Labute approximate surface area is 148 Å². The molecule has 0 fully saturated rings. The minimum atomic E-state index is -0.239. The lowest BCUT2D eigenvalue weighted by atomic mass is 10.2. The molecule has 2 aromatic heterocycles. The van der Waals surface area contributed by atoms with Crippen molar-refractivity contribution in [2.45, 2.75) is 18.6 Å². The predicted octanol–water partition coefficient (Wildman–Crippen LogP) is 1.98. The van der Waals surface area contributed by atoms with Crippen molar-refractivity contribution in [1.29, 1.82) is 0 Å². The number of nitrogens with one attached hydrogen (secondary N) is 3. The number of methoxy groups -OCH3 is 1. The number of H-pyrrole nitrogens is 2. The molecule has 25 heavy (non-hydrogen) atoms. The van der Waals surface area contributed by atoms with E-state index < -0.39 is 0 Å². The summed E-state index contributed by atoms with van der Waals surface area (Å²) >= 11 is 1.19. The zero-order valence-corrected chi connectivity index (χ0v) is 14.7. The Kier molecular flexibility index (Phi) is 5.08. The van der Waals surface area contributed by atoms with Crippen LogP contribution in [0.5, 0.6) is 5.75 Å². The minimum Gasteiger partial charge on any atom is -0.497 e. The van der Waals surface area contributed by atoms with E-state index in [0.717, 1.165) is 17.0 Å². The van der Waals surface area contributed by atoms with Crippen LogP contribution in [0.3, 0.4) is 0 Å². The number of fused-ring (bicyclic) bond motifs is 1. The topological polar surface area (TPSA) is 99.9 Å². The lowest BCUT2D eigenvalue weighted by molar-refractivity contribution is -0.118. The van der Waals surface area contributed by atoms with Crippen LogP contribution in [0.2, 0.25) is 0 Å². The lowest BCUT2D eigenvalue weighted by Gasteiger charge is -2.06. The van der Waals surface area contributed by atoms with Crippen molar-refractivity contribution in [3.05, 3.63) is 51.9 Å². The number of nitrogens with zero attached hydrogens (tertiary/aromatic N) is 1. The van der Waals surface area contributed by atoms with Crippen molar-refractivity contribution in [1.82, 2.24) is 20.3 Å². The Morgan fingerprint density at radius 3 is 2.96 bits per heavy atom. The van der Waals surface area contributed by atoms with Gasteiger partial charge in [0, 0.05) is 12.2 Å². The number of ether oxygens (including phenoxy) is 1. The van der Waals surface area contributed by atoms with E-state index in [1.807, 2.05) is 31.2 Å². The fraction of sp³-hybridized carbons (Fsp3) is 0.235. The van der Waals surface area contributed by atoms with Crippen LogP contribution in [0.4, 0.5) is 0 Å². The van der Waals surface area contributed by atoms with E-state index in [4.69, 9.17) is 4.74 Å². The first-order valence-corrected chi connectivity index (χ1v) is 8.66. The largest absolute Gasteiger partial charge is 0.497 e. The van der Waals surface area contributed by atoms with Crippen LogP contribution in [0.15, 0.2) is 40.3 Å². The van der Waals surface area contributed by atoms with Crippen LogP contribution in [0.25, 0.3) is 11.0 Å². The van der Waals surface area contributed by atoms with Crippen LogP contribution >= 0.6 is 11.8 Å². The molecule has 130 valence electrons. The SMILES string of the molecule is COc1cccc(CNC(=O)CSc2nc3cc(C)[nH]c3c(=O)[nH]2)c1. The molecule has 3 rings (SSSR count). The molecule has 3 aromatic rings. The highest BCUT2D eigenvalue weighted by molar-refractivity contribution is 7.99. The number of benzene rings is 1.